The van der Waals surface area contributed by atoms with Gasteiger partial charge in [-0.3, -0.25) is 4.79 Å². The Hall–Kier alpha value is -2.93. The van der Waals surface area contributed by atoms with E-state index in [1.54, 1.807) is 20.3 Å². The van der Waals surface area contributed by atoms with Crippen molar-refractivity contribution in [3.8, 4) is 11.5 Å². The number of rotatable bonds is 5. The monoisotopic (exact) mass is 439 g/mol. The van der Waals surface area contributed by atoms with Crippen LogP contribution in [0.4, 0.5) is 0 Å². The minimum atomic E-state index is -0.473. The van der Waals surface area contributed by atoms with Crippen molar-refractivity contribution in [2.24, 2.45) is 0 Å². The molecule has 0 aliphatic carbocycles. The van der Waals surface area contributed by atoms with Crippen molar-refractivity contribution in [2.75, 3.05) is 32.3 Å². The summed E-state index contributed by atoms with van der Waals surface area (Å²) in [6.07, 6.45) is 0.0213. The van der Waals surface area contributed by atoms with E-state index in [1.807, 2.05) is 60.0 Å². The summed E-state index contributed by atoms with van der Waals surface area (Å²) in [6, 6.07) is 13.2. The maximum Gasteiger partial charge on any atom is 0.340 e. The summed E-state index contributed by atoms with van der Waals surface area (Å²) in [6.45, 7) is 2.51. The number of carbonyl (C=O) groups excluding carboxylic acids is 1. The normalized spacial score (nSPS) is 16.4. The number of amides is 1. The molecule has 0 unspecified atom stereocenters. The van der Waals surface area contributed by atoms with E-state index in [9.17, 15) is 9.59 Å². The molecule has 1 aromatic heterocycles. The predicted octanol–water partition coefficient (Wildman–Crippen LogP) is 3.98. The number of thioether (sulfide) groups is 1. The third kappa shape index (κ3) is 4.28. The number of hydrogen-bond donors (Lipinski definition) is 0. The molecule has 6 nitrogen and oxygen atoms in total. The first-order valence-corrected chi connectivity index (χ1v) is 11.3. The lowest BCUT2D eigenvalue weighted by molar-refractivity contribution is -0.132. The zero-order chi connectivity index (χ0) is 22.0. The van der Waals surface area contributed by atoms with E-state index in [-0.39, 0.29) is 18.4 Å². The molecule has 1 fully saturated rings. The molecule has 0 radical (unpaired) electrons. The molecule has 1 saturated heterocycles. The molecule has 1 aliphatic heterocycles. The molecule has 31 heavy (non-hydrogen) atoms. The summed E-state index contributed by atoms with van der Waals surface area (Å²) < 4.78 is 16.0. The summed E-state index contributed by atoms with van der Waals surface area (Å²) in [5.41, 5.74) is 2.24. The molecule has 162 valence electrons. The molecule has 3 aromatic rings. The van der Waals surface area contributed by atoms with Gasteiger partial charge in [-0.25, -0.2) is 4.79 Å². The van der Waals surface area contributed by atoms with Crippen LogP contribution in [0.15, 0.2) is 51.7 Å². The van der Waals surface area contributed by atoms with Gasteiger partial charge in [-0.1, -0.05) is 12.1 Å². The lowest BCUT2D eigenvalue weighted by Gasteiger charge is -2.36. The fraction of sp³-hybridized carbons (Fsp3) is 0.333. The molecule has 0 N–H and O–H groups in total. The van der Waals surface area contributed by atoms with Crippen molar-refractivity contribution in [1.82, 2.24) is 4.90 Å². The quantitative estimate of drug-likeness (QED) is 0.560. The fourth-order valence-electron chi connectivity index (χ4n) is 3.96. The number of carbonyl (C=O) groups is 1. The van der Waals surface area contributed by atoms with Crippen molar-refractivity contribution in [3.63, 3.8) is 0 Å². The lowest BCUT2D eigenvalue weighted by Crippen LogP contribution is -2.42. The zero-order valence-electron chi connectivity index (χ0n) is 17.8. The number of ether oxygens (including phenoxy) is 2. The van der Waals surface area contributed by atoms with Crippen molar-refractivity contribution in [2.45, 2.75) is 19.4 Å². The molecule has 0 saturated carbocycles. The van der Waals surface area contributed by atoms with Gasteiger partial charge in [0.1, 0.15) is 17.1 Å². The Labute approximate surface area is 185 Å². The molecule has 7 heteroatoms. The van der Waals surface area contributed by atoms with Gasteiger partial charge in [0, 0.05) is 29.5 Å². The van der Waals surface area contributed by atoms with Crippen molar-refractivity contribution < 1.29 is 18.7 Å². The van der Waals surface area contributed by atoms with Gasteiger partial charge in [-0.05, 0) is 42.3 Å². The van der Waals surface area contributed by atoms with Gasteiger partial charge in [0.15, 0.2) is 0 Å². The van der Waals surface area contributed by atoms with Crippen molar-refractivity contribution in [1.29, 1.82) is 0 Å². The first-order chi connectivity index (χ1) is 15.0. The highest BCUT2D eigenvalue weighted by atomic mass is 32.2. The van der Waals surface area contributed by atoms with Gasteiger partial charge in [0.25, 0.3) is 0 Å². The summed E-state index contributed by atoms with van der Waals surface area (Å²) in [5, 5.41) is 0.809. The van der Waals surface area contributed by atoms with Gasteiger partial charge in [-0.15, -0.1) is 0 Å². The molecule has 1 atom stereocenters. The molecule has 0 spiro atoms. The van der Waals surface area contributed by atoms with Crippen LogP contribution in [0.3, 0.4) is 0 Å². The molecule has 1 amide bonds. The van der Waals surface area contributed by atoms with Crippen LogP contribution < -0.4 is 15.1 Å². The Morgan fingerprint density at radius 3 is 2.55 bits per heavy atom. The molecule has 0 bridgehead atoms. The number of hydrogen-bond acceptors (Lipinski definition) is 6. The minimum absolute atomic E-state index is 0.0213. The number of benzene rings is 2. The standard InChI is InChI=1S/C24H25NO5S/c1-15-19-9-8-18(29-3)12-22(19)30-24(27)20(15)13-23(26)25-10-11-31-14-21(25)16-4-6-17(28-2)7-5-16/h4-9,12,21H,10-11,13-14H2,1-3H3/t21-/m0/s1. The van der Waals surface area contributed by atoms with Gasteiger partial charge in [0.2, 0.25) is 5.91 Å². The van der Waals surface area contributed by atoms with Gasteiger partial charge < -0.3 is 18.8 Å². The Morgan fingerprint density at radius 2 is 1.84 bits per heavy atom. The van der Waals surface area contributed by atoms with Crippen LogP contribution in [-0.4, -0.2) is 43.1 Å². The van der Waals surface area contributed by atoms with Crippen LogP contribution in [0.1, 0.15) is 22.7 Å². The first-order valence-electron chi connectivity index (χ1n) is 10.1. The number of methoxy groups -OCH3 is 2. The molecule has 1 aliphatic rings. The van der Waals surface area contributed by atoms with E-state index in [0.29, 0.717) is 23.4 Å². The Bertz CT molecular complexity index is 1160. The third-order valence-corrected chi connectivity index (χ3v) is 6.79. The number of fused-ring (bicyclic) bond motifs is 1. The second kappa shape index (κ2) is 9.06. The van der Waals surface area contributed by atoms with Crippen LogP contribution in [0.5, 0.6) is 11.5 Å². The van der Waals surface area contributed by atoms with E-state index < -0.39 is 5.63 Å². The van der Waals surface area contributed by atoms with Crippen molar-refractivity contribution >= 4 is 28.6 Å². The Morgan fingerprint density at radius 1 is 1.13 bits per heavy atom. The molecule has 4 rings (SSSR count). The first kappa shape index (κ1) is 21.3. The topological polar surface area (TPSA) is 69.0 Å². The third-order valence-electron chi connectivity index (χ3n) is 5.77. The van der Waals surface area contributed by atoms with Gasteiger partial charge in [0.05, 0.1) is 32.2 Å². The second-order valence-corrected chi connectivity index (χ2v) is 8.63. The maximum atomic E-state index is 13.3. The number of nitrogens with zero attached hydrogens (tertiary/aromatic N) is 1. The van der Waals surface area contributed by atoms with Crippen molar-refractivity contribution in [3.05, 3.63) is 69.6 Å². The smallest absolute Gasteiger partial charge is 0.340 e. The zero-order valence-corrected chi connectivity index (χ0v) is 18.7. The highest BCUT2D eigenvalue weighted by molar-refractivity contribution is 7.99. The van der Waals surface area contributed by atoms with Crippen LogP contribution in [0.25, 0.3) is 11.0 Å². The van der Waals surface area contributed by atoms with E-state index >= 15 is 0 Å². The van der Waals surface area contributed by atoms with Crippen LogP contribution in [0.2, 0.25) is 0 Å². The van der Waals surface area contributed by atoms with Crippen LogP contribution >= 0.6 is 11.8 Å². The largest absolute Gasteiger partial charge is 0.497 e. The number of aryl methyl sites for hydroxylation is 1. The predicted molar refractivity (Wildman–Crippen MR) is 122 cm³/mol. The van der Waals surface area contributed by atoms with Crippen LogP contribution in [0, 0.1) is 6.92 Å². The highest BCUT2D eigenvalue weighted by Gasteiger charge is 2.29. The highest BCUT2D eigenvalue weighted by Crippen LogP contribution is 2.31. The molecule has 2 heterocycles. The average molecular weight is 440 g/mol. The lowest BCUT2D eigenvalue weighted by atomic mass is 10.0. The van der Waals surface area contributed by atoms with E-state index in [1.165, 1.54) is 0 Å². The summed E-state index contributed by atoms with van der Waals surface area (Å²) >= 11 is 1.83. The summed E-state index contributed by atoms with van der Waals surface area (Å²) in [5.74, 6) is 3.04. The Balaban J connectivity index is 1.62. The van der Waals surface area contributed by atoms with Gasteiger partial charge >= 0.3 is 5.63 Å². The molecular formula is C24H25NO5S. The maximum absolute atomic E-state index is 13.3. The Kier molecular flexibility index (Phi) is 6.23. The molecular weight excluding hydrogens is 414 g/mol. The summed E-state index contributed by atoms with van der Waals surface area (Å²) in [4.78, 5) is 27.9. The minimum Gasteiger partial charge on any atom is -0.497 e. The fourth-order valence-corrected chi connectivity index (χ4v) is 5.05. The SMILES string of the molecule is COc1ccc([C@@H]2CSCCN2C(=O)Cc2c(C)c3ccc(OC)cc3oc2=O)cc1. The van der Waals surface area contributed by atoms with E-state index in [0.717, 1.165) is 33.8 Å². The average Bonchev–Trinajstić information content (AvgIpc) is 2.81. The second-order valence-electron chi connectivity index (χ2n) is 7.48. The molecule has 2 aromatic carbocycles. The van der Waals surface area contributed by atoms with Crippen LogP contribution in [-0.2, 0) is 11.2 Å². The van der Waals surface area contributed by atoms with E-state index in [4.69, 9.17) is 13.9 Å². The summed E-state index contributed by atoms with van der Waals surface area (Å²) in [7, 11) is 3.20. The van der Waals surface area contributed by atoms with E-state index in [2.05, 4.69) is 0 Å². The van der Waals surface area contributed by atoms with Gasteiger partial charge in [-0.2, -0.15) is 11.8 Å².